The Bertz CT molecular complexity index is 1100. The van der Waals surface area contributed by atoms with Crippen LogP contribution < -0.4 is 0 Å². The van der Waals surface area contributed by atoms with Gasteiger partial charge in [-0.25, -0.2) is 0 Å². The van der Waals surface area contributed by atoms with Crippen LogP contribution >= 0.6 is 11.6 Å². The van der Waals surface area contributed by atoms with E-state index in [1.165, 1.54) is 5.56 Å². The lowest BCUT2D eigenvalue weighted by Gasteiger charge is -2.28. The van der Waals surface area contributed by atoms with Gasteiger partial charge in [-0.3, -0.25) is 4.79 Å². The standard InChI is InChI=1S/C26H24ClNO2/c1-3-18-10-14-20(15-11-18)24-23(19-12-8-17(2)9-13-19)25(29)26(30)28(24)16-21-6-4-5-7-22(21)27/h4-15,24,29H,3,16H2,1-2H3/t24-/m1/s1. The van der Waals surface area contributed by atoms with Crippen molar-refractivity contribution in [1.29, 1.82) is 0 Å². The Morgan fingerprint density at radius 3 is 2.27 bits per heavy atom. The Hall–Kier alpha value is -3.04. The van der Waals surface area contributed by atoms with Crippen molar-refractivity contribution >= 4 is 23.1 Å². The molecule has 1 amide bonds. The molecule has 4 rings (SSSR count). The molecule has 1 aliphatic rings. The molecule has 0 saturated heterocycles. The average Bonchev–Trinajstić information content (AvgIpc) is 3.01. The molecule has 1 N–H and O–H groups in total. The number of carbonyl (C=O) groups excluding carboxylic acids is 1. The molecule has 0 spiro atoms. The fraction of sp³-hybridized carbons (Fsp3) is 0.192. The molecule has 3 aromatic rings. The lowest BCUT2D eigenvalue weighted by atomic mass is 9.92. The Labute approximate surface area is 182 Å². The van der Waals surface area contributed by atoms with Crippen LogP contribution in [0.2, 0.25) is 5.02 Å². The van der Waals surface area contributed by atoms with Crippen LogP contribution in [-0.4, -0.2) is 15.9 Å². The highest BCUT2D eigenvalue weighted by Gasteiger charge is 2.41. The molecule has 0 unspecified atom stereocenters. The maximum Gasteiger partial charge on any atom is 0.290 e. The van der Waals surface area contributed by atoms with E-state index < -0.39 is 0 Å². The summed E-state index contributed by atoms with van der Waals surface area (Å²) in [6.45, 7) is 4.45. The molecule has 4 heteroatoms. The van der Waals surface area contributed by atoms with E-state index in [9.17, 15) is 9.90 Å². The van der Waals surface area contributed by atoms with Crippen LogP contribution in [0, 0.1) is 6.92 Å². The van der Waals surface area contributed by atoms with Gasteiger partial charge >= 0.3 is 0 Å². The number of hydrogen-bond donors (Lipinski definition) is 1. The number of benzene rings is 3. The highest BCUT2D eigenvalue weighted by molar-refractivity contribution is 6.31. The van der Waals surface area contributed by atoms with E-state index in [-0.39, 0.29) is 17.7 Å². The molecule has 0 saturated carbocycles. The topological polar surface area (TPSA) is 40.5 Å². The molecule has 1 atom stereocenters. The molecule has 152 valence electrons. The van der Waals surface area contributed by atoms with Gasteiger partial charge in [-0.05, 0) is 41.7 Å². The second-order valence-electron chi connectivity index (χ2n) is 7.65. The first-order valence-corrected chi connectivity index (χ1v) is 10.5. The van der Waals surface area contributed by atoms with Crippen molar-refractivity contribution in [3.8, 4) is 0 Å². The minimum Gasteiger partial charge on any atom is -0.503 e. The zero-order valence-corrected chi connectivity index (χ0v) is 17.9. The molecule has 0 aliphatic carbocycles. The van der Waals surface area contributed by atoms with Gasteiger partial charge in [0.15, 0.2) is 5.76 Å². The lowest BCUT2D eigenvalue weighted by molar-refractivity contribution is -0.130. The molecular formula is C26H24ClNO2. The highest BCUT2D eigenvalue weighted by Crippen LogP contribution is 2.44. The third-order valence-electron chi connectivity index (χ3n) is 5.67. The van der Waals surface area contributed by atoms with Crippen LogP contribution in [0.25, 0.3) is 5.57 Å². The average molecular weight is 418 g/mol. The van der Waals surface area contributed by atoms with Gasteiger partial charge in [-0.1, -0.05) is 90.8 Å². The Morgan fingerprint density at radius 2 is 1.63 bits per heavy atom. The Kier molecular flexibility index (Phi) is 5.65. The van der Waals surface area contributed by atoms with Crippen LogP contribution in [0.5, 0.6) is 0 Å². The summed E-state index contributed by atoms with van der Waals surface area (Å²) < 4.78 is 0. The number of amides is 1. The summed E-state index contributed by atoms with van der Waals surface area (Å²) in [5.74, 6) is -0.578. The van der Waals surface area contributed by atoms with Crippen molar-refractivity contribution in [1.82, 2.24) is 4.90 Å². The van der Waals surface area contributed by atoms with E-state index >= 15 is 0 Å². The van der Waals surface area contributed by atoms with Crippen LogP contribution in [0.4, 0.5) is 0 Å². The monoisotopic (exact) mass is 417 g/mol. The van der Waals surface area contributed by atoms with Gasteiger partial charge in [-0.2, -0.15) is 0 Å². The predicted octanol–water partition coefficient (Wildman–Crippen LogP) is 6.26. The number of hydrogen-bond acceptors (Lipinski definition) is 2. The zero-order valence-electron chi connectivity index (χ0n) is 17.1. The summed E-state index contributed by atoms with van der Waals surface area (Å²) in [5, 5.41) is 11.5. The quantitative estimate of drug-likeness (QED) is 0.532. The largest absolute Gasteiger partial charge is 0.503 e. The molecule has 0 fully saturated rings. The van der Waals surface area contributed by atoms with Crippen molar-refractivity contribution < 1.29 is 9.90 Å². The number of carbonyl (C=O) groups is 1. The van der Waals surface area contributed by atoms with E-state index in [1.807, 2.05) is 67.6 Å². The summed E-state index contributed by atoms with van der Waals surface area (Å²) in [4.78, 5) is 14.9. The summed E-state index contributed by atoms with van der Waals surface area (Å²) in [7, 11) is 0. The fourth-order valence-electron chi connectivity index (χ4n) is 3.94. The molecule has 30 heavy (non-hydrogen) atoms. The Balaban J connectivity index is 1.82. The third-order valence-corrected chi connectivity index (χ3v) is 6.04. The predicted molar refractivity (Wildman–Crippen MR) is 121 cm³/mol. The van der Waals surface area contributed by atoms with Crippen LogP contribution in [0.15, 0.2) is 78.6 Å². The van der Waals surface area contributed by atoms with Crippen molar-refractivity contribution in [2.75, 3.05) is 0 Å². The van der Waals surface area contributed by atoms with Gasteiger partial charge in [0, 0.05) is 17.1 Å². The van der Waals surface area contributed by atoms with Gasteiger partial charge in [-0.15, -0.1) is 0 Å². The van der Waals surface area contributed by atoms with E-state index in [4.69, 9.17) is 11.6 Å². The fourth-order valence-corrected chi connectivity index (χ4v) is 4.13. The summed E-state index contributed by atoms with van der Waals surface area (Å²) in [6, 6.07) is 23.3. The second-order valence-corrected chi connectivity index (χ2v) is 8.06. The molecule has 1 aliphatic heterocycles. The van der Waals surface area contributed by atoms with E-state index in [1.54, 1.807) is 4.90 Å². The van der Waals surface area contributed by atoms with Gasteiger partial charge < -0.3 is 10.0 Å². The van der Waals surface area contributed by atoms with Gasteiger partial charge in [0.05, 0.1) is 6.04 Å². The van der Waals surface area contributed by atoms with Crippen molar-refractivity contribution in [3.05, 3.63) is 111 Å². The van der Waals surface area contributed by atoms with Crippen molar-refractivity contribution in [3.63, 3.8) is 0 Å². The Morgan fingerprint density at radius 1 is 0.967 bits per heavy atom. The molecule has 3 nitrogen and oxygen atoms in total. The third kappa shape index (κ3) is 3.73. The number of aryl methyl sites for hydroxylation is 2. The van der Waals surface area contributed by atoms with Crippen molar-refractivity contribution in [2.24, 2.45) is 0 Å². The maximum atomic E-state index is 13.2. The molecular weight excluding hydrogens is 394 g/mol. The van der Waals surface area contributed by atoms with E-state index in [0.717, 1.165) is 28.7 Å². The minimum atomic E-state index is -0.387. The molecule has 0 aromatic heterocycles. The van der Waals surface area contributed by atoms with Gasteiger partial charge in [0.25, 0.3) is 5.91 Å². The normalized spacial score (nSPS) is 16.4. The summed E-state index contributed by atoms with van der Waals surface area (Å²) >= 11 is 6.38. The lowest BCUT2D eigenvalue weighted by Crippen LogP contribution is -2.30. The summed E-state index contributed by atoms with van der Waals surface area (Å²) in [6.07, 6.45) is 0.944. The smallest absolute Gasteiger partial charge is 0.290 e. The number of aliphatic hydroxyl groups is 1. The second kappa shape index (κ2) is 8.37. The molecule has 3 aromatic carbocycles. The maximum absolute atomic E-state index is 13.2. The SMILES string of the molecule is CCc1ccc([C@@H]2C(c3ccc(C)cc3)=C(O)C(=O)N2Cc2ccccc2Cl)cc1. The molecule has 1 heterocycles. The first-order chi connectivity index (χ1) is 14.5. The van der Waals surface area contributed by atoms with Gasteiger partial charge in [0.2, 0.25) is 0 Å². The number of aliphatic hydroxyl groups excluding tert-OH is 1. The first kappa shape index (κ1) is 20.2. The number of halogens is 1. The van der Waals surface area contributed by atoms with Crippen LogP contribution in [0.1, 0.15) is 40.8 Å². The minimum absolute atomic E-state index is 0.199. The van der Waals surface area contributed by atoms with Crippen LogP contribution in [-0.2, 0) is 17.8 Å². The number of rotatable bonds is 5. The summed E-state index contributed by atoms with van der Waals surface area (Å²) in [5.41, 5.74) is 5.65. The molecule has 0 bridgehead atoms. The van der Waals surface area contributed by atoms with E-state index in [0.29, 0.717) is 17.1 Å². The first-order valence-electron chi connectivity index (χ1n) is 10.1. The highest BCUT2D eigenvalue weighted by atomic mass is 35.5. The molecule has 0 radical (unpaired) electrons. The van der Waals surface area contributed by atoms with E-state index in [2.05, 4.69) is 19.1 Å². The van der Waals surface area contributed by atoms with Crippen molar-refractivity contribution in [2.45, 2.75) is 32.9 Å². The van der Waals surface area contributed by atoms with Gasteiger partial charge in [0.1, 0.15) is 0 Å². The number of nitrogens with zero attached hydrogens (tertiary/aromatic N) is 1. The zero-order chi connectivity index (χ0) is 21.3. The van der Waals surface area contributed by atoms with Crippen LogP contribution in [0.3, 0.4) is 0 Å².